The van der Waals surface area contributed by atoms with Crippen molar-refractivity contribution in [1.82, 2.24) is 4.98 Å². The third-order valence-corrected chi connectivity index (χ3v) is 5.05. The van der Waals surface area contributed by atoms with E-state index in [2.05, 4.69) is 20.9 Å². The molecule has 106 valence electrons. The molecule has 0 fully saturated rings. The normalized spacial score (nSPS) is 10.8. The SMILES string of the molecule is O=C(O)Cc1csc(SCc2c(F)ccc(Br)c2F)n1. The first kappa shape index (κ1) is 15.4. The molecule has 0 atom stereocenters. The minimum absolute atomic E-state index is 0.0284. The van der Waals surface area contributed by atoms with Crippen LogP contribution in [-0.2, 0) is 17.0 Å². The molecule has 0 aliphatic rings. The van der Waals surface area contributed by atoms with Gasteiger partial charge in [-0.25, -0.2) is 13.8 Å². The maximum atomic E-state index is 13.7. The Kier molecular flexibility index (Phi) is 5.11. The molecule has 0 radical (unpaired) electrons. The summed E-state index contributed by atoms with van der Waals surface area (Å²) in [7, 11) is 0. The van der Waals surface area contributed by atoms with Gasteiger partial charge in [0.2, 0.25) is 0 Å². The molecule has 0 unspecified atom stereocenters. The highest BCUT2D eigenvalue weighted by atomic mass is 79.9. The van der Waals surface area contributed by atoms with Crippen molar-refractivity contribution < 1.29 is 18.7 Å². The topological polar surface area (TPSA) is 50.2 Å². The fourth-order valence-corrected chi connectivity index (χ4v) is 3.65. The highest BCUT2D eigenvalue weighted by molar-refractivity contribution is 9.10. The van der Waals surface area contributed by atoms with Gasteiger partial charge in [0.25, 0.3) is 0 Å². The van der Waals surface area contributed by atoms with Gasteiger partial charge in [0, 0.05) is 16.7 Å². The van der Waals surface area contributed by atoms with Crippen molar-refractivity contribution in [1.29, 1.82) is 0 Å². The predicted octanol–water partition coefficient (Wildman–Crippen LogP) is 4.10. The number of carboxylic acid groups (broad SMARTS) is 1. The monoisotopic (exact) mass is 379 g/mol. The van der Waals surface area contributed by atoms with Crippen LogP contribution in [-0.4, -0.2) is 16.1 Å². The number of thiazole rings is 1. The van der Waals surface area contributed by atoms with Crippen LogP contribution in [0.15, 0.2) is 26.3 Å². The summed E-state index contributed by atoms with van der Waals surface area (Å²) in [5.41, 5.74) is 0.416. The van der Waals surface area contributed by atoms with Gasteiger partial charge in [0.05, 0.1) is 16.6 Å². The molecule has 2 rings (SSSR count). The van der Waals surface area contributed by atoms with Crippen molar-refractivity contribution in [3.8, 4) is 0 Å². The van der Waals surface area contributed by atoms with Crippen molar-refractivity contribution in [3.63, 3.8) is 0 Å². The van der Waals surface area contributed by atoms with Crippen LogP contribution in [0, 0.1) is 11.6 Å². The summed E-state index contributed by atoms with van der Waals surface area (Å²) >= 11 is 5.44. The molecule has 2 aromatic rings. The zero-order valence-corrected chi connectivity index (χ0v) is 13.1. The first-order valence-corrected chi connectivity index (χ1v) is 8.04. The van der Waals surface area contributed by atoms with E-state index in [1.165, 1.54) is 35.2 Å². The van der Waals surface area contributed by atoms with Crippen LogP contribution < -0.4 is 0 Å². The zero-order valence-electron chi connectivity index (χ0n) is 9.90. The van der Waals surface area contributed by atoms with Crippen LogP contribution in [0.4, 0.5) is 8.78 Å². The number of carboxylic acids is 1. The Morgan fingerprint density at radius 2 is 2.20 bits per heavy atom. The Morgan fingerprint density at radius 3 is 2.90 bits per heavy atom. The van der Waals surface area contributed by atoms with Gasteiger partial charge in [-0.05, 0) is 28.1 Å². The number of aromatic nitrogens is 1. The van der Waals surface area contributed by atoms with E-state index in [1.54, 1.807) is 5.38 Å². The van der Waals surface area contributed by atoms with Gasteiger partial charge in [0.15, 0.2) is 0 Å². The van der Waals surface area contributed by atoms with Gasteiger partial charge in [-0.1, -0.05) is 11.8 Å². The van der Waals surface area contributed by atoms with Crippen LogP contribution in [0.25, 0.3) is 0 Å². The summed E-state index contributed by atoms with van der Waals surface area (Å²) < 4.78 is 28.1. The molecule has 0 bridgehead atoms. The number of nitrogens with zero attached hydrogens (tertiary/aromatic N) is 1. The lowest BCUT2D eigenvalue weighted by molar-refractivity contribution is -0.136. The summed E-state index contributed by atoms with van der Waals surface area (Å²) in [5, 5.41) is 10.3. The van der Waals surface area contributed by atoms with Crippen LogP contribution in [0.5, 0.6) is 0 Å². The van der Waals surface area contributed by atoms with Gasteiger partial charge in [-0.15, -0.1) is 11.3 Å². The second-order valence-electron chi connectivity index (χ2n) is 3.79. The van der Waals surface area contributed by atoms with Gasteiger partial charge < -0.3 is 5.11 Å². The fourth-order valence-electron chi connectivity index (χ4n) is 1.43. The minimum atomic E-state index is -0.962. The number of rotatable bonds is 5. The molecular formula is C12H8BrF2NO2S2. The molecule has 8 heteroatoms. The van der Waals surface area contributed by atoms with Crippen LogP contribution in [0.1, 0.15) is 11.3 Å². The second kappa shape index (κ2) is 6.64. The fraction of sp³-hybridized carbons (Fsp3) is 0.167. The van der Waals surface area contributed by atoms with Crippen molar-refractivity contribution in [2.45, 2.75) is 16.5 Å². The van der Waals surface area contributed by atoms with Crippen molar-refractivity contribution in [3.05, 3.63) is 44.9 Å². The Hall–Kier alpha value is -0.990. The largest absolute Gasteiger partial charge is 0.481 e. The molecule has 0 saturated heterocycles. The lowest BCUT2D eigenvalue weighted by atomic mass is 10.2. The number of carbonyl (C=O) groups is 1. The van der Waals surface area contributed by atoms with Crippen molar-refractivity contribution >= 4 is 45.0 Å². The number of benzene rings is 1. The molecule has 1 aromatic carbocycles. The Morgan fingerprint density at radius 1 is 1.45 bits per heavy atom. The van der Waals surface area contributed by atoms with Gasteiger partial charge in [0.1, 0.15) is 16.0 Å². The molecule has 1 aromatic heterocycles. The lowest BCUT2D eigenvalue weighted by Crippen LogP contribution is -1.99. The number of halogens is 3. The molecule has 0 amide bonds. The van der Waals surface area contributed by atoms with E-state index < -0.39 is 17.6 Å². The van der Waals surface area contributed by atoms with E-state index in [9.17, 15) is 13.6 Å². The van der Waals surface area contributed by atoms with Gasteiger partial charge in [-0.3, -0.25) is 4.79 Å². The molecule has 0 aliphatic carbocycles. The molecule has 1 heterocycles. The van der Waals surface area contributed by atoms with Gasteiger partial charge in [-0.2, -0.15) is 0 Å². The van der Waals surface area contributed by atoms with E-state index in [4.69, 9.17) is 5.11 Å². The summed E-state index contributed by atoms with van der Waals surface area (Å²) in [6.07, 6.45) is -0.156. The quantitative estimate of drug-likeness (QED) is 0.627. The van der Waals surface area contributed by atoms with E-state index in [0.717, 1.165) is 0 Å². The van der Waals surface area contributed by atoms with Crippen LogP contribution >= 0.6 is 39.0 Å². The molecule has 0 spiro atoms. The summed E-state index contributed by atoms with van der Waals surface area (Å²) in [6, 6.07) is 2.51. The van der Waals surface area contributed by atoms with E-state index in [1.807, 2.05) is 0 Å². The van der Waals surface area contributed by atoms with Crippen LogP contribution in [0.3, 0.4) is 0 Å². The molecule has 0 aliphatic heterocycles. The van der Waals surface area contributed by atoms with Crippen molar-refractivity contribution in [2.24, 2.45) is 0 Å². The maximum absolute atomic E-state index is 13.7. The highest BCUT2D eigenvalue weighted by Crippen LogP contribution is 2.30. The Labute approximate surface area is 130 Å². The Bertz CT molecular complexity index is 648. The Balaban J connectivity index is 2.07. The van der Waals surface area contributed by atoms with E-state index in [0.29, 0.717) is 10.0 Å². The average Bonchev–Trinajstić information content (AvgIpc) is 2.81. The third-order valence-electron chi connectivity index (χ3n) is 2.34. The summed E-state index contributed by atoms with van der Waals surface area (Å²) in [4.78, 5) is 14.6. The molecular weight excluding hydrogens is 372 g/mol. The zero-order chi connectivity index (χ0) is 14.7. The molecule has 1 N–H and O–H groups in total. The van der Waals surface area contributed by atoms with Crippen molar-refractivity contribution in [2.75, 3.05) is 0 Å². The molecule has 0 saturated carbocycles. The maximum Gasteiger partial charge on any atom is 0.309 e. The summed E-state index contributed by atoms with van der Waals surface area (Å²) in [6.45, 7) is 0. The predicted molar refractivity (Wildman–Crippen MR) is 77.1 cm³/mol. The minimum Gasteiger partial charge on any atom is -0.481 e. The summed E-state index contributed by atoms with van der Waals surface area (Å²) in [5.74, 6) is -2.10. The van der Waals surface area contributed by atoms with E-state index >= 15 is 0 Å². The number of hydrogen-bond acceptors (Lipinski definition) is 4. The smallest absolute Gasteiger partial charge is 0.309 e. The number of thioether (sulfide) groups is 1. The average molecular weight is 380 g/mol. The highest BCUT2D eigenvalue weighted by Gasteiger charge is 2.14. The second-order valence-corrected chi connectivity index (χ2v) is 6.72. The van der Waals surface area contributed by atoms with Crippen LogP contribution in [0.2, 0.25) is 0 Å². The standard InChI is InChI=1S/C12H8BrF2NO2S2/c13-8-1-2-9(14)7(11(8)15)5-20-12-16-6(4-19-12)3-10(17)18/h1-2,4H,3,5H2,(H,17,18). The number of aliphatic carboxylic acids is 1. The van der Waals surface area contributed by atoms with E-state index in [-0.39, 0.29) is 22.2 Å². The third kappa shape index (κ3) is 3.77. The lowest BCUT2D eigenvalue weighted by Gasteiger charge is -2.04. The first-order chi connectivity index (χ1) is 9.47. The molecule has 3 nitrogen and oxygen atoms in total. The molecule has 20 heavy (non-hydrogen) atoms. The first-order valence-electron chi connectivity index (χ1n) is 5.38. The van der Waals surface area contributed by atoms with Gasteiger partial charge >= 0.3 is 5.97 Å². The number of hydrogen-bond donors (Lipinski definition) is 1.